The summed E-state index contributed by atoms with van der Waals surface area (Å²) in [6, 6.07) is 10.8. The van der Waals surface area contributed by atoms with Crippen molar-refractivity contribution in [1.29, 1.82) is 0 Å². The number of fused-ring (bicyclic) bond motifs is 2. The Morgan fingerprint density at radius 1 is 1.08 bits per heavy atom. The van der Waals surface area contributed by atoms with Crippen LogP contribution in [0.25, 0.3) is 0 Å². The summed E-state index contributed by atoms with van der Waals surface area (Å²) in [5.74, 6) is 1.09. The van der Waals surface area contributed by atoms with Crippen molar-refractivity contribution in [2.45, 2.75) is 43.8 Å². The quantitative estimate of drug-likeness (QED) is 0.917. The largest absolute Gasteiger partial charge is 0.376 e. The van der Waals surface area contributed by atoms with E-state index in [-0.39, 0.29) is 18.2 Å². The van der Waals surface area contributed by atoms with E-state index in [2.05, 4.69) is 35.6 Å². The van der Waals surface area contributed by atoms with Gasteiger partial charge in [0, 0.05) is 6.54 Å². The second-order valence-electron chi connectivity index (χ2n) is 7.57. The van der Waals surface area contributed by atoms with Crippen LogP contribution in [0, 0.1) is 5.92 Å². The van der Waals surface area contributed by atoms with E-state index < -0.39 is 0 Å². The van der Waals surface area contributed by atoms with E-state index in [9.17, 15) is 4.79 Å². The van der Waals surface area contributed by atoms with E-state index in [1.165, 1.54) is 31.2 Å². The Labute approximate surface area is 149 Å². The van der Waals surface area contributed by atoms with Crippen molar-refractivity contribution in [3.63, 3.8) is 0 Å². The number of hydrogen-bond acceptors (Lipinski definition) is 3. The van der Waals surface area contributed by atoms with Crippen LogP contribution in [0.5, 0.6) is 0 Å². The molecule has 1 N–H and O–H groups in total. The summed E-state index contributed by atoms with van der Waals surface area (Å²) in [6.07, 6.45) is 5.04. The van der Waals surface area contributed by atoms with Gasteiger partial charge in [-0.2, -0.15) is 0 Å². The molecule has 0 aromatic heterocycles. The average molecular weight is 344 g/mol. The summed E-state index contributed by atoms with van der Waals surface area (Å²) < 4.78 is 11.3. The number of carbonyl (C=O) groups excluding carboxylic acids is 1. The van der Waals surface area contributed by atoms with Gasteiger partial charge in [0.1, 0.15) is 0 Å². The molecule has 2 saturated heterocycles. The van der Waals surface area contributed by atoms with E-state index in [4.69, 9.17) is 9.47 Å². The van der Waals surface area contributed by atoms with Gasteiger partial charge in [0.2, 0.25) is 0 Å². The van der Waals surface area contributed by atoms with E-state index in [1.807, 2.05) is 4.90 Å². The molecule has 4 rings (SSSR count). The lowest BCUT2D eigenvalue weighted by Gasteiger charge is -2.41. The number of benzene rings is 1. The first-order valence-electron chi connectivity index (χ1n) is 9.60. The van der Waals surface area contributed by atoms with Crippen molar-refractivity contribution in [3.05, 3.63) is 35.9 Å². The van der Waals surface area contributed by atoms with Crippen molar-refractivity contribution in [2.24, 2.45) is 5.92 Å². The van der Waals surface area contributed by atoms with Gasteiger partial charge in [-0.05, 0) is 30.2 Å². The SMILES string of the molecule is O=C(NCC1CCCCC1c1ccccc1)N1CC2COCC(C1)O2. The number of amides is 2. The molecule has 3 fully saturated rings. The molecule has 1 aromatic rings. The fraction of sp³-hybridized carbons (Fsp3) is 0.650. The minimum absolute atomic E-state index is 0.0324. The fourth-order valence-electron chi connectivity index (χ4n) is 4.53. The Morgan fingerprint density at radius 3 is 2.56 bits per heavy atom. The lowest BCUT2D eigenvalue weighted by molar-refractivity contribution is -0.171. The number of morpholine rings is 1. The van der Waals surface area contributed by atoms with Crippen molar-refractivity contribution in [2.75, 3.05) is 32.8 Å². The number of hydrogen-bond donors (Lipinski definition) is 1. The van der Waals surface area contributed by atoms with Crippen molar-refractivity contribution < 1.29 is 14.3 Å². The molecule has 25 heavy (non-hydrogen) atoms. The van der Waals surface area contributed by atoms with Gasteiger partial charge in [0.05, 0.1) is 38.5 Å². The molecule has 1 saturated carbocycles. The number of urea groups is 1. The van der Waals surface area contributed by atoms with Gasteiger partial charge in [-0.1, -0.05) is 43.2 Å². The third kappa shape index (κ3) is 3.98. The van der Waals surface area contributed by atoms with E-state index in [1.54, 1.807) is 0 Å². The van der Waals surface area contributed by atoms with Gasteiger partial charge in [0.15, 0.2) is 0 Å². The minimum atomic E-state index is 0.0324. The Bertz CT molecular complexity index is 568. The third-order valence-corrected chi connectivity index (χ3v) is 5.78. The molecule has 5 heteroatoms. The maximum absolute atomic E-state index is 12.6. The molecule has 2 aliphatic heterocycles. The Kier molecular flexibility index (Phi) is 5.22. The lowest BCUT2D eigenvalue weighted by atomic mass is 9.75. The highest BCUT2D eigenvalue weighted by atomic mass is 16.6. The van der Waals surface area contributed by atoms with Crippen LogP contribution in [0.4, 0.5) is 4.79 Å². The van der Waals surface area contributed by atoms with Crippen LogP contribution < -0.4 is 5.32 Å². The third-order valence-electron chi connectivity index (χ3n) is 5.78. The van der Waals surface area contributed by atoms with E-state index >= 15 is 0 Å². The molecule has 0 spiro atoms. The summed E-state index contributed by atoms with van der Waals surface area (Å²) >= 11 is 0. The van der Waals surface area contributed by atoms with Gasteiger partial charge in [-0.25, -0.2) is 4.79 Å². The van der Waals surface area contributed by atoms with E-state index in [0.29, 0.717) is 38.1 Å². The van der Waals surface area contributed by atoms with Crippen LogP contribution in [0.2, 0.25) is 0 Å². The molecule has 2 amide bonds. The van der Waals surface area contributed by atoms with Crippen LogP contribution >= 0.6 is 0 Å². The molecule has 5 nitrogen and oxygen atoms in total. The van der Waals surface area contributed by atoms with Crippen LogP contribution in [-0.2, 0) is 9.47 Å². The highest BCUT2D eigenvalue weighted by Crippen LogP contribution is 2.37. The maximum atomic E-state index is 12.6. The van der Waals surface area contributed by atoms with Crippen LogP contribution in [0.1, 0.15) is 37.2 Å². The first kappa shape index (κ1) is 16.9. The normalized spacial score (nSPS) is 32.2. The van der Waals surface area contributed by atoms with Gasteiger partial charge < -0.3 is 19.7 Å². The molecular formula is C20H28N2O3. The Hall–Kier alpha value is -1.59. The van der Waals surface area contributed by atoms with Gasteiger partial charge >= 0.3 is 6.03 Å². The van der Waals surface area contributed by atoms with E-state index in [0.717, 1.165) is 6.54 Å². The van der Waals surface area contributed by atoms with Crippen molar-refractivity contribution >= 4 is 6.03 Å². The second kappa shape index (κ2) is 7.75. The molecule has 1 aliphatic carbocycles. The molecule has 0 radical (unpaired) electrons. The zero-order chi connectivity index (χ0) is 17.1. The summed E-state index contributed by atoms with van der Waals surface area (Å²) in [5, 5.41) is 3.20. The average Bonchev–Trinajstić information content (AvgIpc) is 2.66. The molecule has 3 aliphatic rings. The molecule has 2 heterocycles. The fourth-order valence-corrected chi connectivity index (χ4v) is 4.53. The monoisotopic (exact) mass is 344 g/mol. The van der Waals surface area contributed by atoms with Crippen molar-refractivity contribution in [1.82, 2.24) is 10.2 Å². The molecule has 4 unspecified atom stereocenters. The topological polar surface area (TPSA) is 50.8 Å². The van der Waals surface area contributed by atoms with Crippen LogP contribution in [0.3, 0.4) is 0 Å². The number of rotatable bonds is 3. The summed E-state index contributed by atoms with van der Waals surface area (Å²) in [5.41, 5.74) is 1.42. The molecular weight excluding hydrogens is 316 g/mol. The van der Waals surface area contributed by atoms with Crippen molar-refractivity contribution in [3.8, 4) is 0 Å². The molecule has 136 valence electrons. The number of carbonyl (C=O) groups is 1. The Balaban J connectivity index is 1.34. The summed E-state index contributed by atoms with van der Waals surface area (Å²) in [7, 11) is 0. The predicted molar refractivity (Wildman–Crippen MR) is 95.6 cm³/mol. The Morgan fingerprint density at radius 2 is 1.80 bits per heavy atom. The number of nitrogens with zero attached hydrogens (tertiary/aromatic N) is 1. The zero-order valence-corrected chi connectivity index (χ0v) is 14.7. The van der Waals surface area contributed by atoms with Gasteiger partial charge in [0.25, 0.3) is 0 Å². The minimum Gasteiger partial charge on any atom is -0.376 e. The second-order valence-corrected chi connectivity index (χ2v) is 7.57. The number of ether oxygens (including phenoxy) is 2. The predicted octanol–water partition coefficient (Wildman–Crippen LogP) is 2.77. The maximum Gasteiger partial charge on any atom is 0.317 e. The van der Waals surface area contributed by atoms with Gasteiger partial charge in [-0.15, -0.1) is 0 Å². The first-order chi connectivity index (χ1) is 12.3. The van der Waals surface area contributed by atoms with Gasteiger partial charge in [-0.3, -0.25) is 0 Å². The first-order valence-corrected chi connectivity index (χ1v) is 9.60. The summed E-state index contributed by atoms with van der Waals surface area (Å²) in [4.78, 5) is 14.5. The molecule has 4 atom stereocenters. The molecule has 1 aromatic carbocycles. The summed E-state index contributed by atoms with van der Waals surface area (Å²) in [6.45, 7) is 3.23. The lowest BCUT2D eigenvalue weighted by Crippen LogP contribution is -2.58. The number of nitrogens with one attached hydrogen (secondary N) is 1. The van der Waals surface area contributed by atoms with Crippen LogP contribution in [-0.4, -0.2) is 56.0 Å². The smallest absolute Gasteiger partial charge is 0.317 e. The zero-order valence-electron chi connectivity index (χ0n) is 14.7. The highest BCUT2D eigenvalue weighted by molar-refractivity contribution is 5.74. The standard InChI is InChI=1S/C20H28N2O3/c23-20(22-11-17-13-24-14-18(12-22)25-17)21-10-16-8-4-5-9-19(16)15-6-2-1-3-7-15/h1-3,6-7,16-19H,4-5,8-14H2,(H,21,23). The molecule has 2 bridgehead atoms. The van der Waals surface area contributed by atoms with Crippen LogP contribution in [0.15, 0.2) is 30.3 Å². The highest BCUT2D eigenvalue weighted by Gasteiger charge is 2.34.